The molecule has 1 aromatic carbocycles. The van der Waals surface area contributed by atoms with Gasteiger partial charge in [0.05, 0.1) is 0 Å². The Kier molecular flexibility index (Phi) is 3.96. The molecule has 0 bridgehead atoms. The smallest absolute Gasteiger partial charge is 0.227 e. The molecule has 0 unspecified atom stereocenters. The maximum atomic E-state index is 5.89. The molecule has 0 atom stereocenters. The molecule has 18 heavy (non-hydrogen) atoms. The second-order valence-corrected chi connectivity index (χ2v) is 4.73. The van der Waals surface area contributed by atoms with E-state index >= 15 is 0 Å². The lowest BCUT2D eigenvalue weighted by Crippen LogP contribution is -2.12. The molecule has 2 aromatic rings. The molecule has 1 heterocycles. The van der Waals surface area contributed by atoms with Crippen LogP contribution in [0.2, 0.25) is 10.0 Å². The van der Waals surface area contributed by atoms with E-state index in [1.165, 1.54) is 0 Å². The van der Waals surface area contributed by atoms with Gasteiger partial charge in [0, 0.05) is 21.9 Å². The quantitative estimate of drug-likeness (QED) is 0.852. The van der Waals surface area contributed by atoms with Crippen molar-refractivity contribution in [3.05, 3.63) is 46.2 Å². The zero-order chi connectivity index (χ0) is 13.1. The number of anilines is 2. The Hall–Kier alpha value is -1.43. The number of halogens is 2. The molecule has 0 spiro atoms. The average molecular weight is 299 g/mol. The Morgan fingerprint density at radius 1 is 1.22 bits per heavy atom. The van der Waals surface area contributed by atoms with Gasteiger partial charge in [0.2, 0.25) is 5.95 Å². The Bertz CT molecular complexity index is 583. The number of rotatable bonds is 3. The number of aromatic nitrogens is 2. The molecule has 0 aliphatic heterocycles. The summed E-state index contributed by atoms with van der Waals surface area (Å²) in [6, 6.07) is 6.70. The minimum Gasteiger partial charge on any atom is -0.388 e. The SMILES string of the molecule is NC(=S)c1ccnc(Nc2cc(Cl)cc(Cl)c2)n1. The van der Waals surface area contributed by atoms with E-state index in [0.29, 0.717) is 27.4 Å². The van der Waals surface area contributed by atoms with Gasteiger partial charge in [-0.15, -0.1) is 0 Å². The van der Waals surface area contributed by atoms with Crippen LogP contribution in [0.25, 0.3) is 0 Å². The van der Waals surface area contributed by atoms with Crippen LogP contribution in [0.5, 0.6) is 0 Å². The van der Waals surface area contributed by atoms with Crippen LogP contribution in [0.3, 0.4) is 0 Å². The van der Waals surface area contributed by atoms with Crippen LogP contribution in [-0.4, -0.2) is 15.0 Å². The highest BCUT2D eigenvalue weighted by atomic mass is 35.5. The molecule has 0 aliphatic carbocycles. The van der Waals surface area contributed by atoms with Crippen molar-refractivity contribution in [3.63, 3.8) is 0 Å². The summed E-state index contributed by atoms with van der Waals surface area (Å²) in [6.45, 7) is 0. The van der Waals surface area contributed by atoms with Gasteiger partial charge in [-0.1, -0.05) is 35.4 Å². The Balaban J connectivity index is 2.28. The van der Waals surface area contributed by atoms with Crippen LogP contribution in [-0.2, 0) is 0 Å². The molecule has 0 fully saturated rings. The van der Waals surface area contributed by atoms with E-state index in [-0.39, 0.29) is 4.99 Å². The predicted molar refractivity (Wildman–Crippen MR) is 77.7 cm³/mol. The van der Waals surface area contributed by atoms with E-state index in [9.17, 15) is 0 Å². The maximum Gasteiger partial charge on any atom is 0.227 e. The van der Waals surface area contributed by atoms with Crippen LogP contribution in [0.15, 0.2) is 30.5 Å². The second-order valence-electron chi connectivity index (χ2n) is 3.41. The number of benzene rings is 1. The highest BCUT2D eigenvalue weighted by Crippen LogP contribution is 2.24. The third-order valence-corrected chi connectivity index (χ3v) is 2.67. The first-order valence-corrected chi connectivity index (χ1v) is 6.07. The van der Waals surface area contributed by atoms with Crippen molar-refractivity contribution in [3.8, 4) is 0 Å². The van der Waals surface area contributed by atoms with Crippen LogP contribution < -0.4 is 11.1 Å². The lowest BCUT2D eigenvalue weighted by Gasteiger charge is -2.06. The van der Waals surface area contributed by atoms with E-state index in [1.807, 2.05) is 0 Å². The van der Waals surface area contributed by atoms with Gasteiger partial charge in [-0.25, -0.2) is 9.97 Å². The summed E-state index contributed by atoms with van der Waals surface area (Å²) in [5.74, 6) is 0.374. The van der Waals surface area contributed by atoms with Crippen LogP contribution >= 0.6 is 35.4 Å². The normalized spacial score (nSPS) is 10.1. The van der Waals surface area contributed by atoms with Gasteiger partial charge in [0.1, 0.15) is 10.7 Å². The summed E-state index contributed by atoms with van der Waals surface area (Å²) >= 11 is 16.6. The molecule has 0 radical (unpaired) electrons. The third-order valence-electron chi connectivity index (χ3n) is 2.03. The fourth-order valence-corrected chi connectivity index (χ4v) is 1.95. The molecule has 1 aromatic heterocycles. The van der Waals surface area contributed by atoms with E-state index in [0.717, 1.165) is 0 Å². The maximum absolute atomic E-state index is 5.89. The van der Waals surface area contributed by atoms with E-state index in [1.54, 1.807) is 30.5 Å². The van der Waals surface area contributed by atoms with Crippen molar-refractivity contribution in [2.45, 2.75) is 0 Å². The number of thiocarbonyl (C=S) groups is 1. The van der Waals surface area contributed by atoms with Gasteiger partial charge < -0.3 is 11.1 Å². The van der Waals surface area contributed by atoms with E-state index < -0.39 is 0 Å². The number of nitrogens with zero attached hydrogens (tertiary/aromatic N) is 2. The minimum absolute atomic E-state index is 0.213. The standard InChI is InChI=1S/C11H8Cl2N4S/c12-6-3-7(13)5-8(4-6)16-11-15-2-1-9(17-11)10(14)18/h1-5H,(H2,14,18)(H,15,16,17). The number of nitrogens with two attached hydrogens (primary N) is 1. The molecule has 3 N–H and O–H groups in total. The zero-order valence-corrected chi connectivity index (χ0v) is 11.4. The van der Waals surface area contributed by atoms with Crippen molar-refractivity contribution >= 4 is 52.0 Å². The third kappa shape index (κ3) is 3.29. The van der Waals surface area contributed by atoms with Gasteiger partial charge >= 0.3 is 0 Å². The minimum atomic E-state index is 0.213. The summed E-state index contributed by atoms with van der Waals surface area (Å²) in [5, 5.41) is 4.02. The zero-order valence-electron chi connectivity index (χ0n) is 9.02. The number of nitrogens with one attached hydrogen (secondary N) is 1. The number of hydrogen-bond acceptors (Lipinski definition) is 4. The topological polar surface area (TPSA) is 63.8 Å². The first-order valence-electron chi connectivity index (χ1n) is 4.90. The Morgan fingerprint density at radius 3 is 2.50 bits per heavy atom. The predicted octanol–water partition coefficient (Wildman–Crippen LogP) is 3.16. The summed E-state index contributed by atoms with van der Waals surface area (Å²) in [5.41, 5.74) is 6.68. The molecule has 92 valence electrons. The molecule has 0 saturated heterocycles. The molecule has 2 rings (SSSR count). The van der Waals surface area contributed by atoms with Crippen molar-refractivity contribution in [1.82, 2.24) is 9.97 Å². The first-order chi connectivity index (χ1) is 8.54. The molecular weight excluding hydrogens is 291 g/mol. The highest BCUT2D eigenvalue weighted by Gasteiger charge is 2.03. The van der Waals surface area contributed by atoms with Crippen molar-refractivity contribution < 1.29 is 0 Å². The van der Waals surface area contributed by atoms with E-state index in [4.69, 9.17) is 41.2 Å². The average Bonchev–Trinajstić information content (AvgIpc) is 2.27. The summed E-state index contributed by atoms with van der Waals surface area (Å²) < 4.78 is 0. The van der Waals surface area contributed by atoms with Crippen molar-refractivity contribution in [1.29, 1.82) is 0 Å². The second kappa shape index (κ2) is 5.48. The fraction of sp³-hybridized carbons (Fsp3) is 0. The van der Waals surface area contributed by atoms with Gasteiger partial charge in [-0.2, -0.15) is 0 Å². The fourth-order valence-electron chi connectivity index (χ4n) is 1.31. The largest absolute Gasteiger partial charge is 0.388 e. The lowest BCUT2D eigenvalue weighted by atomic mass is 10.3. The monoisotopic (exact) mass is 298 g/mol. The Labute approximate surface area is 119 Å². The highest BCUT2D eigenvalue weighted by molar-refractivity contribution is 7.80. The molecule has 7 heteroatoms. The van der Waals surface area contributed by atoms with Gasteiger partial charge in [-0.3, -0.25) is 0 Å². The van der Waals surface area contributed by atoms with E-state index in [2.05, 4.69) is 15.3 Å². The summed E-state index contributed by atoms with van der Waals surface area (Å²) in [4.78, 5) is 8.42. The molecule has 0 saturated carbocycles. The van der Waals surface area contributed by atoms with Gasteiger partial charge in [-0.05, 0) is 24.3 Å². The van der Waals surface area contributed by atoms with Crippen molar-refractivity contribution in [2.24, 2.45) is 5.73 Å². The summed E-state index contributed by atoms with van der Waals surface area (Å²) in [6.07, 6.45) is 1.57. The van der Waals surface area contributed by atoms with Crippen LogP contribution in [0.4, 0.5) is 11.6 Å². The molecule has 0 aliphatic rings. The molecule has 0 amide bonds. The lowest BCUT2D eigenvalue weighted by molar-refractivity contribution is 1.15. The summed E-state index contributed by atoms with van der Waals surface area (Å²) in [7, 11) is 0. The first kappa shape index (κ1) is 13.0. The molecular formula is C11H8Cl2N4S. The van der Waals surface area contributed by atoms with Gasteiger partial charge in [0.25, 0.3) is 0 Å². The molecule has 4 nitrogen and oxygen atoms in total. The van der Waals surface area contributed by atoms with Crippen LogP contribution in [0.1, 0.15) is 5.69 Å². The van der Waals surface area contributed by atoms with Crippen molar-refractivity contribution in [2.75, 3.05) is 5.32 Å². The van der Waals surface area contributed by atoms with Gasteiger partial charge in [0.15, 0.2) is 0 Å². The number of hydrogen-bond donors (Lipinski definition) is 2. The van der Waals surface area contributed by atoms with Crippen LogP contribution in [0, 0.1) is 0 Å². The Morgan fingerprint density at radius 2 is 1.89 bits per heavy atom.